The van der Waals surface area contributed by atoms with E-state index in [1.807, 2.05) is 13.1 Å². The van der Waals surface area contributed by atoms with E-state index in [0.29, 0.717) is 0 Å². The summed E-state index contributed by atoms with van der Waals surface area (Å²) < 4.78 is 50.7. The van der Waals surface area contributed by atoms with E-state index in [4.69, 9.17) is 33.5 Å². The first-order valence-corrected chi connectivity index (χ1v) is 30.4. The van der Waals surface area contributed by atoms with Crippen molar-refractivity contribution in [2.45, 2.75) is 91.7 Å². The molecule has 0 bridgehead atoms. The quantitative estimate of drug-likeness (QED) is 0.263. The lowest BCUT2D eigenvalue weighted by molar-refractivity contribution is 0.0356. The molecule has 0 unspecified atom stereocenters. The largest absolute Gasteiger partial charge is 0.664 e. The van der Waals surface area contributed by atoms with Gasteiger partial charge >= 0.3 is 26.7 Å². The van der Waals surface area contributed by atoms with Crippen LogP contribution in [0.15, 0.2) is 0 Å². The highest BCUT2D eigenvalue weighted by Crippen LogP contribution is 2.31. The maximum atomic E-state index is 6.54. The van der Waals surface area contributed by atoms with E-state index in [9.17, 15) is 0 Å². The Bertz CT molecular complexity index is 484. The van der Waals surface area contributed by atoms with Crippen molar-refractivity contribution in [3.63, 3.8) is 0 Å². The molecule has 188 valence electrons. The maximum absolute atomic E-state index is 6.54. The van der Waals surface area contributed by atoms with Crippen LogP contribution in [0.4, 0.5) is 0 Å². The van der Waals surface area contributed by atoms with E-state index in [0.717, 1.165) is 0 Å². The number of hydrogen-bond acceptors (Lipinski definition) is 8. The molecule has 0 aliphatic heterocycles. The van der Waals surface area contributed by atoms with Crippen molar-refractivity contribution >= 4 is 59.9 Å². The molecule has 0 N–H and O–H groups in total. The van der Waals surface area contributed by atoms with E-state index >= 15 is 0 Å². The zero-order valence-corrected chi connectivity index (χ0v) is 29.8. The van der Waals surface area contributed by atoms with Crippen LogP contribution in [0.5, 0.6) is 0 Å². The van der Waals surface area contributed by atoms with Crippen LogP contribution in [0, 0.1) is 0 Å². The highest BCUT2D eigenvalue weighted by atomic mass is 28.6. The number of hydrogen-bond donors (Lipinski definition) is 0. The molecule has 0 aliphatic carbocycles. The minimum atomic E-state index is -3.70. The molecule has 15 heteroatoms. The average molecular weight is 565 g/mol. The molecule has 0 spiro atoms. The van der Waals surface area contributed by atoms with Gasteiger partial charge in [0.25, 0.3) is 0 Å². The van der Waals surface area contributed by atoms with Crippen LogP contribution in [0.1, 0.15) is 0 Å². The Balaban J connectivity index is 6.23. The summed E-state index contributed by atoms with van der Waals surface area (Å²) in [4.78, 5) is 0. The molecular formula is C16H48O8Si7. The number of rotatable bonds is 14. The topological polar surface area (TPSA) is 73.8 Å². The Morgan fingerprint density at radius 3 is 0.645 bits per heavy atom. The van der Waals surface area contributed by atoms with E-state index < -0.39 is 59.9 Å². The fourth-order valence-electron chi connectivity index (χ4n) is 3.07. The zero-order valence-electron chi connectivity index (χ0n) is 22.8. The van der Waals surface area contributed by atoms with Crippen molar-refractivity contribution in [1.82, 2.24) is 0 Å². The molecular weight excluding hydrogens is 517 g/mol. The summed E-state index contributed by atoms with van der Waals surface area (Å²) in [5, 5.41) is 0. The first-order valence-electron chi connectivity index (χ1n) is 10.7. The van der Waals surface area contributed by atoms with Crippen LogP contribution in [-0.2, 0) is 33.5 Å². The van der Waals surface area contributed by atoms with Gasteiger partial charge in [-0.05, 0) is 78.6 Å². The lowest BCUT2D eigenvalue weighted by Crippen LogP contribution is -2.68. The van der Waals surface area contributed by atoms with Gasteiger partial charge in [0, 0.05) is 27.3 Å². The summed E-state index contributed by atoms with van der Waals surface area (Å²) >= 11 is 0. The van der Waals surface area contributed by atoms with Crippen LogP contribution in [-0.4, -0.2) is 74.1 Å². The highest BCUT2D eigenvalue weighted by molar-refractivity contribution is 6.90. The molecule has 0 aromatic heterocycles. The second-order valence-corrected chi connectivity index (χ2v) is 38.8. The molecule has 0 aromatic carbocycles. The fraction of sp³-hybridized carbons (Fsp3) is 1.00. The van der Waals surface area contributed by atoms with Crippen LogP contribution in [0.25, 0.3) is 0 Å². The minimum absolute atomic E-state index is 1.53. The van der Waals surface area contributed by atoms with E-state index in [-0.39, 0.29) is 0 Å². The van der Waals surface area contributed by atoms with E-state index in [1.165, 1.54) is 14.2 Å². The van der Waals surface area contributed by atoms with Crippen molar-refractivity contribution in [2.75, 3.05) is 14.2 Å². The second kappa shape index (κ2) is 10.9. The molecule has 0 fully saturated rings. The summed E-state index contributed by atoms with van der Waals surface area (Å²) in [7, 11) is -15.0. The summed E-state index contributed by atoms with van der Waals surface area (Å²) in [5.74, 6) is 0. The van der Waals surface area contributed by atoms with Crippen molar-refractivity contribution in [1.29, 1.82) is 0 Å². The molecule has 0 atom stereocenters. The lowest BCUT2D eigenvalue weighted by atomic mass is 11.8. The third-order valence-corrected chi connectivity index (χ3v) is 24.8. The summed E-state index contributed by atoms with van der Waals surface area (Å²) in [6, 6.07) is 0. The molecule has 8 nitrogen and oxygen atoms in total. The van der Waals surface area contributed by atoms with Gasteiger partial charge in [-0.15, -0.1) is 0 Å². The van der Waals surface area contributed by atoms with Crippen LogP contribution < -0.4 is 0 Å². The lowest BCUT2D eigenvalue weighted by Gasteiger charge is -2.44. The normalized spacial score (nSPS) is 15.5. The maximum Gasteiger partial charge on any atom is 0.664 e. The van der Waals surface area contributed by atoms with Crippen molar-refractivity contribution < 1.29 is 33.5 Å². The molecule has 0 radical (unpaired) electrons. The van der Waals surface area contributed by atoms with Gasteiger partial charge in [-0.2, -0.15) is 0 Å². The average Bonchev–Trinajstić information content (AvgIpc) is 2.36. The fourth-order valence-corrected chi connectivity index (χ4v) is 29.8. The second-order valence-electron chi connectivity index (χ2n) is 11.7. The molecule has 0 heterocycles. The van der Waals surface area contributed by atoms with Gasteiger partial charge in [0.05, 0.1) is 0 Å². The predicted molar refractivity (Wildman–Crippen MR) is 143 cm³/mol. The summed E-state index contributed by atoms with van der Waals surface area (Å²) in [6.07, 6.45) is 0. The Labute approximate surface area is 199 Å². The first-order chi connectivity index (χ1) is 13.4. The van der Waals surface area contributed by atoms with Gasteiger partial charge in [0.2, 0.25) is 0 Å². The highest BCUT2D eigenvalue weighted by Gasteiger charge is 2.61. The van der Waals surface area contributed by atoms with Crippen LogP contribution >= 0.6 is 0 Å². The minimum Gasteiger partial charge on any atom is -0.417 e. The van der Waals surface area contributed by atoms with E-state index in [1.54, 1.807) is 0 Å². The van der Waals surface area contributed by atoms with Gasteiger partial charge < -0.3 is 33.5 Å². The molecule has 0 saturated carbocycles. The Morgan fingerprint density at radius 1 is 0.323 bits per heavy atom. The smallest absolute Gasteiger partial charge is 0.417 e. The molecule has 0 saturated heterocycles. The Kier molecular flexibility index (Phi) is 11.3. The Morgan fingerprint density at radius 2 is 0.516 bits per heavy atom. The first kappa shape index (κ1) is 32.2. The van der Waals surface area contributed by atoms with Gasteiger partial charge in [0.1, 0.15) is 0 Å². The zero-order chi connectivity index (χ0) is 25.2. The van der Waals surface area contributed by atoms with Gasteiger partial charge in [-0.3, -0.25) is 0 Å². The SMILES string of the molecule is CO[Si](OC)(O[Si](C)(O[Si](C)(C)C)O[Si](C)(C)C)O[Si](C)(O[Si](C)(C)C)O[Si](C)(C)C. The summed E-state index contributed by atoms with van der Waals surface area (Å²) in [5.41, 5.74) is 0. The van der Waals surface area contributed by atoms with Gasteiger partial charge in [-0.25, -0.2) is 0 Å². The molecule has 31 heavy (non-hydrogen) atoms. The van der Waals surface area contributed by atoms with Crippen LogP contribution in [0.2, 0.25) is 91.7 Å². The summed E-state index contributed by atoms with van der Waals surface area (Å²) in [6.45, 7) is 29.2. The standard InChI is InChI=1S/C16H48O8Si7/c1-17-31(18-2,23-29(15,19-25(3,4)5)20-26(6,7)8)24-30(16,21-27(9,10)11)22-28(12,13)14/h1-16H3. The monoisotopic (exact) mass is 564 g/mol. The third-order valence-electron chi connectivity index (χ3n) is 3.09. The van der Waals surface area contributed by atoms with E-state index in [2.05, 4.69) is 78.6 Å². The molecule has 0 rings (SSSR count). The van der Waals surface area contributed by atoms with Gasteiger partial charge in [0.15, 0.2) is 33.3 Å². The van der Waals surface area contributed by atoms with Crippen LogP contribution in [0.3, 0.4) is 0 Å². The van der Waals surface area contributed by atoms with Gasteiger partial charge in [-0.1, -0.05) is 0 Å². The van der Waals surface area contributed by atoms with Crippen molar-refractivity contribution in [3.8, 4) is 0 Å². The predicted octanol–water partition coefficient (Wildman–Crippen LogP) is 5.29. The third kappa shape index (κ3) is 14.3. The Hall–Kier alpha value is 1.20. The van der Waals surface area contributed by atoms with Crippen molar-refractivity contribution in [2.24, 2.45) is 0 Å². The molecule has 0 amide bonds. The molecule has 0 aromatic rings. The molecule has 0 aliphatic rings. The van der Waals surface area contributed by atoms with Crippen molar-refractivity contribution in [3.05, 3.63) is 0 Å².